The zero-order valence-corrected chi connectivity index (χ0v) is 10.7. The molecule has 2 rings (SSSR count). The van der Waals surface area contributed by atoms with Gasteiger partial charge >= 0.3 is 0 Å². The summed E-state index contributed by atoms with van der Waals surface area (Å²) in [6.07, 6.45) is 5.45. The van der Waals surface area contributed by atoms with E-state index in [4.69, 9.17) is 5.73 Å². The van der Waals surface area contributed by atoms with Crippen LogP contribution in [0.15, 0.2) is 6.20 Å². The van der Waals surface area contributed by atoms with Crippen LogP contribution >= 0.6 is 0 Å². The maximum atomic E-state index is 12.5. The molecule has 0 aromatic carbocycles. The topological polar surface area (TPSA) is 84.4 Å². The Balaban J connectivity index is 2.25. The van der Waals surface area contributed by atoms with Crippen LogP contribution in [0.4, 0.5) is 5.69 Å². The highest BCUT2D eigenvalue weighted by molar-refractivity contribution is 5.97. The molecule has 1 atom stereocenters. The van der Waals surface area contributed by atoms with Gasteiger partial charge in [0.2, 0.25) is 0 Å². The minimum Gasteiger partial charge on any atom is -0.396 e. The number of amides is 1. The van der Waals surface area contributed by atoms with Crippen molar-refractivity contribution in [3.05, 3.63) is 11.9 Å². The Morgan fingerprint density at radius 3 is 2.94 bits per heavy atom. The number of nitrogens with zero attached hydrogens (tertiary/aromatic N) is 3. The summed E-state index contributed by atoms with van der Waals surface area (Å²) < 4.78 is 1.50. The van der Waals surface area contributed by atoms with Gasteiger partial charge in [0.15, 0.2) is 0 Å². The first-order chi connectivity index (χ1) is 8.65. The number of nitrogens with two attached hydrogens (primary N) is 1. The molecule has 0 spiro atoms. The number of hydrogen-bond acceptors (Lipinski definition) is 4. The molecule has 0 saturated carbocycles. The summed E-state index contributed by atoms with van der Waals surface area (Å²) in [7, 11) is 1.70. The number of aliphatic hydroxyl groups excluding tert-OH is 1. The summed E-state index contributed by atoms with van der Waals surface area (Å²) in [6, 6.07) is -0.103. The van der Waals surface area contributed by atoms with Crippen LogP contribution in [0.25, 0.3) is 0 Å². The van der Waals surface area contributed by atoms with Crippen molar-refractivity contribution in [2.45, 2.75) is 31.7 Å². The van der Waals surface area contributed by atoms with E-state index in [1.807, 2.05) is 0 Å². The molecule has 1 aromatic rings. The molecule has 6 heteroatoms. The summed E-state index contributed by atoms with van der Waals surface area (Å²) in [6.45, 7) is 0.679. The van der Waals surface area contributed by atoms with Crippen molar-refractivity contribution in [1.82, 2.24) is 14.7 Å². The predicted molar refractivity (Wildman–Crippen MR) is 68.0 cm³/mol. The molecular formula is C12H20N4O2. The van der Waals surface area contributed by atoms with E-state index in [1.54, 1.807) is 11.9 Å². The van der Waals surface area contributed by atoms with E-state index in [9.17, 15) is 9.90 Å². The zero-order valence-electron chi connectivity index (χ0n) is 10.7. The average Bonchev–Trinajstić information content (AvgIpc) is 2.57. The minimum atomic E-state index is -0.131. The zero-order chi connectivity index (χ0) is 13.1. The smallest absolute Gasteiger partial charge is 0.274 e. The molecule has 1 fully saturated rings. The lowest BCUT2D eigenvalue weighted by Gasteiger charge is -2.28. The van der Waals surface area contributed by atoms with Crippen molar-refractivity contribution < 1.29 is 9.90 Å². The molecule has 18 heavy (non-hydrogen) atoms. The summed E-state index contributed by atoms with van der Waals surface area (Å²) >= 11 is 0. The largest absolute Gasteiger partial charge is 0.396 e. The molecule has 1 aliphatic heterocycles. The van der Waals surface area contributed by atoms with Gasteiger partial charge in [-0.2, -0.15) is 5.10 Å². The van der Waals surface area contributed by atoms with Gasteiger partial charge in [-0.3, -0.25) is 9.48 Å². The minimum absolute atomic E-state index is 0.00347. The Hall–Kier alpha value is -1.56. The van der Waals surface area contributed by atoms with Gasteiger partial charge in [0.05, 0.1) is 24.5 Å². The maximum absolute atomic E-state index is 12.5. The molecule has 2 heterocycles. The number of rotatable bonds is 2. The van der Waals surface area contributed by atoms with E-state index in [0.717, 1.165) is 25.7 Å². The fourth-order valence-electron chi connectivity index (χ4n) is 2.49. The Labute approximate surface area is 106 Å². The Bertz CT molecular complexity index is 410. The van der Waals surface area contributed by atoms with E-state index < -0.39 is 0 Å². The van der Waals surface area contributed by atoms with Crippen LogP contribution in [0, 0.1) is 0 Å². The van der Waals surface area contributed by atoms with Crippen LogP contribution in [-0.4, -0.2) is 44.9 Å². The van der Waals surface area contributed by atoms with E-state index in [1.165, 1.54) is 10.9 Å². The number of aryl methyl sites for hydroxylation is 1. The van der Waals surface area contributed by atoms with E-state index in [2.05, 4.69) is 5.10 Å². The van der Waals surface area contributed by atoms with Crippen LogP contribution < -0.4 is 5.73 Å². The van der Waals surface area contributed by atoms with E-state index in [0.29, 0.717) is 17.9 Å². The molecule has 1 aliphatic rings. The molecule has 0 aliphatic carbocycles. The molecule has 3 N–H and O–H groups in total. The molecular weight excluding hydrogens is 232 g/mol. The Morgan fingerprint density at radius 2 is 2.33 bits per heavy atom. The molecule has 1 saturated heterocycles. The third-order valence-corrected chi connectivity index (χ3v) is 3.52. The number of likely N-dealkylation sites (tertiary alicyclic amines) is 1. The number of carbonyl (C=O) groups excluding carboxylic acids is 1. The van der Waals surface area contributed by atoms with Crippen LogP contribution in [0.3, 0.4) is 0 Å². The van der Waals surface area contributed by atoms with Crippen molar-refractivity contribution in [2.24, 2.45) is 7.05 Å². The van der Waals surface area contributed by atoms with Gasteiger partial charge in [0.25, 0.3) is 5.91 Å². The van der Waals surface area contributed by atoms with Crippen molar-refractivity contribution >= 4 is 11.6 Å². The summed E-state index contributed by atoms with van der Waals surface area (Å²) in [5, 5.41) is 13.4. The number of aromatic nitrogens is 2. The number of hydrogen-bond donors (Lipinski definition) is 2. The van der Waals surface area contributed by atoms with E-state index >= 15 is 0 Å². The molecule has 0 bridgehead atoms. The first kappa shape index (κ1) is 12.9. The number of aliphatic hydroxyl groups is 1. The van der Waals surface area contributed by atoms with Crippen LogP contribution in [0.5, 0.6) is 0 Å². The third kappa shape index (κ3) is 2.33. The molecule has 0 radical (unpaired) electrons. The Morgan fingerprint density at radius 1 is 1.56 bits per heavy atom. The first-order valence-electron chi connectivity index (χ1n) is 6.34. The fraction of sp³-hybridized carbons (Fsp3) is 0.667. The molecule has 1 amide bonds. The maximum Gasteiger partial charge on any atom is 0.274 e. The molecule has 100 valence electrons. The van der Waals surface area contributed by atoms with Crippen LogP contribution in [0.2, 0.25) is 0 Å². The summed E-state index contributed by atoms with van der Waals surface area (Å²) in [4.78, 5) is 14.2. The highest BCUT2D eigenvalue weighted by atomic mass is 16.3. The van der Waals surface area contributed by atoms with Gasteiger partial charge < -0.3 is 15.7 Å². The standard InChI is InChI=1S/C12H20N4O2/c1-15-11(10(13)7-14-15)12(18)16-6-4-2-3-5-9(16)8-17/h7,9,17H,2-6,8,13H2,1H3. The highest BCUT2D eigenvalue weighted by Crippen LogP contribution is 2.21. The van der Waals surface area contributed by atoms with E-state index in [-0.39, 0.29) is 18.6 Å². The lowest BCUT2D eigenvalue weighted by Crippen LogP contribution is -2.43. The van der Waals surface area contributed by atoms with Gasteiger partial charge in [0.1, 0.15) is 5.69 Å². The number of anilines is 1. The lowest BCUT2D eigenvalue weighted by molar-refractivity contribution is 0.0590. The van der Waals surface area contributed by atoms with Crippen molar-refractivity contribution in [2.75, 3.05) is 18.9 Å². The number of nitrogen functional groups attached to an aromatic ring is 1. The summed E-state index contributed by atoms with van der Waals surface area (Å²) in [5.74, 6) is -0.131. The van der Waals surface area contributed by atoms with Gasteiger partial charge in [-0.05, 0) is 12.8 Å². The fourth-order valence-corrected chi connectivity index (χ4v) is 2.49. The van der Waals surface area contributed by atoms with Crippen LogP contribution in [0.1, 0.15) is 36.2 Å². The highest BCUT2D eigenvalue weighted by Gasteiger charge is 2.28. The van der Waals surface area contributed by atoms with Crippen molar-refractivity contribution in [3.63, 3.8) is 0 Å². The van der Waals surface area contributed by atoms with Crippen molar-refractivity contribution in [1.29, 1.82) is 0 Å². The second-order valence-electron chi connectivity index (χ2n) is 4.76. The first-order valence-corrected chi connectivity index (χ1v) is 6.34. The third-order valence-electron chi connectivity index (χ3n) is 3.52. The second kappa shape index (κ2) is 5.39. The van der Waals surface area contributed by atoms with Crippen LogP contribution in [-0.2, 0) is 7.05 Å². The Kier molecular flexibility index (Phi) is 3.86. The number of carbonyl (C=O) groups is 1. The lowest BCUT2D eigenvalue weighted by atomic mass is 10.1. The molecule has 1 aromatic heterocycles. The van der Waals surface area contributed by atoms with Gasteiger partial charge in [0, 0.05) is 13.6 Å². The van der Waals surface area contributed by atoms with Gasteiger partial charge in [-0.1, -0.05) is 12.8 Å². The predicted octanol–water partition coefficient (Wildman–Crippen LogP) is 0.379. The molecule has 1 unspecified atom stereocenters. The molecule has 6 nitrogen and oxygen atoms in total. The SMILES string of the molecule is Cn1ncc(N)c1C(=O)N1CCCCCC1CO. The second-order valence-corrected chi connectivity index (χ2v) is 4.76. The summed E-state index contributed by atoms with van der Waals surface area (Å²) in [5.41, 5.74) is 6.59. The quantitative estimate of drug-likeness (QED) is 0.797. The normalized spacial score (nSPS) is 20.8. The average molecular weight is 252 g/mol. The van der Waals surface area contributed by atoms with Crippen molar-refractivity contribution in [3.8, 4) is 0 Å². The van der Waals surface area contributed by atoms with Gasteiger partial charge in [-0.25, -0.2) is 0 Å². The van der Waals surface area contributed by atoms with Gasteiger partial charge in [-0.15, -0.1) is 0 Å². The monoisotopic (exact) mass is 252 g/mol.